The molecule has 0 fully saturated rings. The Bertz CT molecular complexity index is 482. The van der Waals surface area contributed by atoms with E-state index in [1.165, 1.54) is 0 Å². The summed E-state index contributed by atoms with van der Waals surface area (Å²) >= 11 is 0. The predicted molar refractivity (Wildman–Crippen MR) is 64.0 cm³/mol. The molecule has 1 aliphatic rings. The van der Waals surface area contributed by atoms with E-state index in [2.05, 4.69) is 0 Å². The number of benzene rings is 1. The normalized spacial score (nSPS) is 25.9. The van der Waals surface area contributed by atoms with Crippen LogP contribution in [-0.2, 0) is 10.3 Å². The van der Waals surface area contributed by atoms with Crippen LogP contribution in [0.25, 0.3) is 0 Å². The smallest absolute Gasteiger partial charge is 0.328 e. The quantitative estimate of drug-likeness (QED) is 0.778. The predicted octanol–water partition coefficient (Wildman–Crippen LogP) is 1.79. The molecule has 1 aromatic carbocycles. The number of aliphatic carboxylic acids is 1. The van der Waals surface area contributed by atoms with Crippen LogP contribution in [0.2, 0.25) is 0 Å². The summed E-state index contributed by atoms with van der Waals surface area (Å²) in [6, 6.07) is 5.43. The Morgan fingerprint density at radius 3 is 2.71 bits per heavy atom. The van der Waals surface area contributed by atoms with Gasteiger partial charge in [-0.25, -0.2) is 4.79 Å². The highest BCUT2D eigenvalue weighted by Crippen LogP contribution is 2.42. The standard InChI is InChI=1S/C13H17NO3/c1-8-4-5-9-10(6-8)17-12(2,3)7-13(9,14)11(15)16/h4-6H,7,14H2,1-3H3,(H,15,16). The van der Waals surface area contributed by atoms with Gasteiger partial charge < -0.3 is 15.6 Å². The van der Waals surface area contributed by atoms with Gasteiger partial charge in [-0.3, -0.25) is 0 Å². The van der Waals surface area contributed by atoms with Crippen LogP contribution in [0.3, 0.4) is 0 Å². The first-order valence-corrected chi connectivity index (χ1v) is 5.57. The highest BCUT2D eigenvalue weighted by Gasteiger charge is 2.47. The summed E-state index contributed by atoms with van der Waals surface area (Å²) in [5.74, 6) is -0.440. The maximum absolute atomic E-state index is 11.4. The van der Waals surface area contributed by atoms with Gasteiger partial charge in [-0.1, -0.05) is 12.1 Å². The van der Waals surface area contributed by atoms with Gasteiger partial charge in [0.2, 0.25) is 0 Å². The van der Waals surface area contributed by atoms with Crippen LogP contribution in [0, 0.1) is 6.92 Å². The van der Waals surface area contributed by atoms with Crippen LogP contribution in [0.4, 0.5) is 0 Å². The van der Waals surface area contributed by atoms with E-state index < -0.39 is 17.1 Å². The Balaban J connectivity index is 2.63. The summed E-state index contributed by atoms with van der Waals surface area (Å²) in [5.41, 5.74) is 5.69. The lowest BCUT2D eigenvalue weighted by atomic mass is 9.78. The topological polar surface area (TPSA) is 72.5 Å². The largest absolute Gasteiger partial charge is 0.487 e. The highest BCUT2D eigenvalue weighted by molar-refractivity contribution is 5.82. The molecule has 4 nitrogen and oxygen atoms in total. The Kier molecular flexibility index (Phi) is 2.43. The van der Waals surface area contributed by atoms with Crippen molar-refractivity contribution in [3.05, 3.63) is 29.3 Å². The fourth-order valence-corrected chi connectivity index (χ4v) is 2.37. The van der Waals surface area contributed by atoms with Crippen molar-refractivity contribution in [3.8, 4) is 5.75 Å². The van der Waals surface area contributed by atoms with Crippen LogP contribution >= 0.6 is 0 Å². The Morgan fingerprint density at radius 1 is 1.47 bits per heavy atom. The van der Waals surface area contributed by atoms with E-state index >= 15 is 0 Å². The van der Waals surface area contributed by atoms with Crippen LogP contribution in [-0.4, -0.2) is 16.7 Å². The minimum Gasteiger partial charge on any atom is -0.487 e. The number of rotatable bonds is 1. The molecular formula is C13H17NO3. The molecule has 0 amide bonds. The maximum Gasteiger partial charge on any atom is 0.328 e. The molecule has 0 bridgehead atoms. The summed E-state index contributed by atoms with van der Waals surface area (Å²) in [6.45, 7) is 5.63. The Hall–Kier alpha value is -1.55. The average molecular weight is 235 g/mol. The molecule has 0 aromatic heterocycles. The first-order valence-electron chi connectivity index (χ1n) is 5.57. The van der Waals surface area contributed by atoms with Crippen LogP contribution in [0.5, 0.6) is 5.75 Å². The first-order chi connectivity index (χ1) is 7.74. The molecule has 0 spiro atoms. The van der Waals surface area contributed by atoms with Crippen molar-refractivity contribution in [3.63, 3.8) is 0 Å². The number of carboxylic acid groups (broad SMARTS) is 1. The molecule has 17 heavy (non-hydrogen) atoms. The van der Waals surface area contributed by atoms with Gasteiger partial charge in [-0.2, -0.15) is 0 Å². The van der Waals surface area contributed by atoms with Crippen LogP contribution in [0.15, 0.2) is 18.2 Å². The van der Waals surface area contributed by atoms with Crippen molar-refractivity contribution in [1.29, 1.82) is 0 Å². The second-order valence-corrected chi connectivity index (χ2v) is 5.31. The van der Waals surface area contributed by atoms with E-state index in [0.29, 0.717) is 11.3 Å². The van der Waals surface area contributed by atoms with Gasteiger partial charge in [0.15, 0.2) is 0 Å². The van der Waals surface area contributed by atoms with Gasteiger partial charge in [-0.05, 0) is 32.4 Å². The van der Waals surface area contributed by atoms with Gasteiger partial charge >= 0.3 is 5.97 Å². The van der Waals surface area contributed by atoms with Crippen molar-refractivity contribution in [2.45, 2.75) is 38.3 Å². The lowest BCUT2D eigenvalue weighted by Crippen LogP contribution is -2.54. The lowest BCUT2D eigenvalue weighted by molar-refractivity contribution is -0.147. The zero-order chi connectivity index (χ0) is 12.8. The summed E-state index contributed by atoms with van der Waals surface area (Å²) < 4.78 is 5.80. The molecule has 1 atom stereocenters. The van der Waals surface area contributed by atoms with Crippen LogP contribution in [0.1, 0.15) is 31.4 Å². The molecule has 3 N–H and O–H groups in total. The number of aryl methyl sites for hydroxylation is 1. The number of nitrogens with two attached hydrogens (primary N) is 1. The second kappa shape index (κ2) is 3.47. The molecule has 1 aromatic rings. The minimum atomic E-state index is -1.37. The highest BCUT2D eigenvalue weighted by atomic mass is 16.5. The molecule has 2 rings (SSSR count). The molecule has 0 radical (unpaired) electrons. The number of hydrogen-bond donors (Lipinski definition) is 2. The molecule has 0 saturated carbocycles. The van der Waals surface area contributed by atoms with E-state index in [1.807, 2.05) is 32.9 Å². The van der Waals surface area contributed by atoms with Gasteiger partial charge in [0.05, 0.1) is 0 Å². The Morgan fingerprint density at radius 2 is 2.12 bits per heavy atom. The monoisotopic (exact) mass is 235 g/mol. The maximum atomic E-state index is 11.4. The molecule has 0 saturated heterocycles. The average Bonchev–Trinajstić information content (AvgIpc) is 2.14. The van der Waals surface area contributed by atoms with E-state index in [1.54, 1.807) is 6.07 Å². The third-order valence-electron chi connectivity index (χ3n) is 3.09. The van der Waals surface area contributed by atoms with Crippen molar-refractivity contribution in [2.75, 3.05) is 0 Å². The fourth-order valence-electron chi connectivity index (χ4n) is 2.37. The SMILES string of the molecule is Cc1ccc2c(c1)OC(C)(C)CC2(N)C(=O)O. The van der Waals surface area contributed by atoms with Crippen molar-refractivity contribution >= 4 is 5.97 Å². The molecule has 92 valence electrons. The zero-order valence-electron chi connectivity index (χ0n) is 10.3. The minimum absolute atomic E-state index is 0.255. The summed E-state index contributed by atoms with van der Waals surface area (Å²) in [5, 5.41) is 9.37. The summed E-state index contributed by atoms with van der Waals surface area (Å²) in [4.78, 5) is 11.4. The number of fused-ring (bicyclic) bond motifs is 1. The van der Waals surface area contributed by atoms with Gasteiger partial charge in [0.25, 0.3) is 0 Å². The zero-order valence-corrected chi connectivity index (χ0v) is 10.3. The summed E-state index contributed by atoms with van der Waals surface area (Å²) in [7, 11) is 0. The van der Waals surface area contributed by atoms with Crippen LogP contribution < -0.4 is 10.5 Å². The van der Waals surface area contributed by atoms with Crippen molar-refractivity contribution in [2.24, 2.45) is 5.73 Å². The van der Waals surface area contributed by atoms with E-state index in [4.69, 9.17) is 10.5 Å². The lowest BCUT2D eigenvalue weighted by Gasteiger charge is -2.41. The number of carboxylic acids is 1. The molecular weight excluding hydrogens is 218 g/mol. The number of ether oxygens (including phenoxy) is 1. The molecule has 1 unspecified atom stereocenters. The molecule has 0 aliphatic carbocycles. The Labute approximate surface area is 100 Å². The third-order valence-corrected chi connectivity index (χ3v) is 3.09. The molecule has 4 heteroatoms. The van der Waals surface area contributed by atoms with Gasteiger partial charge in [0, 0.05) is 12.0 Å². The third kappa shape index (κ3) is 1.89. The first kappa shape index (κ1) is 11.9. The van der Waals surface area contributed by atoms with E-state index in [-0.39, 0.29) is 6.42 Å². The number of carbonyl (C=O) groups is 1. The fraction of sp³-hybridized carbons (Fsp3) is 0.462. The van der Waals surface area contributed by atoms with E-state index in [9.17, 15) is 9.90 Å². The van der Waals surface area contributed by atoms with E-state index in [0.717, 1.165) is 5.56 Å². The molecule has 1 heterocycles. The molecule has 1 aliphatic heterocycles. The second-order valence-electron chi connectivity index (χ2n) is 5.31. The van der Waals surface area contributed by atoms with Gasteiger partial charge in [0.1, 0.15) is 16.9 Å². The van der Waals surface area contributed by atoms with Crippen molar-refractivity contribution < 1.29 is 14.6 Å². The van der Waals surface area contributed by atoms with Gasteiger partial charge in [-0.15, -0.1) is 0 Å². The number of hydrogen-bond acceptors (Lipinski definition) is 3. The summed E-state index contributed by atoms with van der Waals surface area (Å²) in [6.07, 6.45) is 0.255. The van der Waals surface area contributed by atoms with Crippen molar-refractivity contribution in [1.82, 2.24) is 0 Å².